The quantitative estimate of drug-likeness (QED) is 0.375. The van der Waals surface area contributed by atoms with Crippen LogP contribution in [0.25, 0.3) is 5.03 Å². The molecule has 0 spiro atoms. The molecule has 0 aromatic heterocycles. The monoisotopic (exact) mass is 263 g/mol. The van der Waals surface area contributed by atoms with E-state index in [1.54, 1.807) is 6.08 Å². The van der Waals surface area contributed by atoms with Gasteiger partial charge in [-0.1, -0.05) is 41.9 Å². The number of primary amides is 1. The Morgan fingerprint density at radius 2 is 1.83 bits per heavy atom. The molecule has 0 radical (unpaired) electrons. The minimum absolute atomic E-state index is 0.0799. The van der Waals surface area contributed by atoms with Gasteiger partial charge >= 0.3 is 0 Å². The van der Waals surface area contributed by atoms with E-state index in [-0.39, 0.29) is 11.4 Å². The molecule has 0 saturated carbocycles. The number of benzene rings is 1. The van der Waals surface area contributed by atoms with Crippen molar-refractivity contribution in [2.24, 2.45) is 16.5 Å². The number of allylic oxidation sites excluding steroid dienone is 2. The Bertz CT molecular complexity index is 518. The highest BCUT2D eigenvalue weighted by Crippen LogP contribution is 2.18. The van der Waals surface area contributed by atoms with Crippen LogP contribution < -0.4 is 11.5 Å². The summed E-state index contributed by atoms with van der Waals surface area (Å²) >= 11 is 6.09. The number of amidine groups is 1. The van der Waals surface area contributed by atoms with E-state index < -0.39 is 5.91 Å². The number of rotatable bonds is 4. The topological polar surface area (TPSA) is 81.5 Å². The van der Waals surface area contributed by atoms with Crippen LogP contribution in [0, 0.1) is 0 Å². The highest BCUT2D eigenvalue weighted by Gasteiger charge is 2.07. The molecule has 0 aliphatic heterocycles. The van der Waals surface area contributed by atoms with Crippen LogP contribution in [0.4, 0.5) is 0 Å². The molecular weight excluding hydrogens is 250 g/mol. The third-order valence-electron chi connectivity index (χ3n) is 2.23. The van der Waals surface area contributed by atoms with E-state index >= 15 is 0 Å². The van der Waals surface area contributed by atoms with Gasteiger partial charge in [-0.15, -0.1) is 0 Å². The minimum atomic E-state index is -0.646. The van der Waals surface area contributed by atoms with E-state index in [1.165, 1.54) is 13.1 Å². The summed E-state index contributed by atoms with van der Waals surface area (Å²) in [6.45, 7) is 0. The van der Waals surface area contributed by atoms with Crippen LogP contribution >= 0.6 is 11.6 Å². The molecule has 1 rings (SSSR count). The van der Waals surface area contributed by atoms with Crippen LogP contribution in [0.15, 0.2) is 53.0 Å². The van der Waals surface area contributed by atoms with Gasteiger partial charge in [0.1, 0.15) is 5.84 Å². The lowest BCUT2D eigenvalue weighted by Gasteiger charge is -2.01. The van der Waals surface area contributed by atoms with Gasteiger partial charge in [0, 0.05) is 12.1 Å². The van der Waals surface area contributed by atoms with Gasteiger partial charge < -0.3 is 11.5 Å². The van der Waals surface area contributed by atoms with Gasteiger partial charge in [0.25, 0.3) is 5.91 Å². The summed E-state index contributed by atoms with van der Waals surface area (Å²) in [5.74, 6) is -0.567. The Hall–Kier alpha value is -2.07. The maximum atomic E-state index is 11.2. The van der Waals surface area contributed by atoms with Crippen LogP contribution in [0.5, 0.6) is 0 Å². The summed E-state index contributed by atoms with van der Waals surface area (Å²) in [5, 5.41) is 0.484. The van der Waals surface area contributed by atoms with E-state index in [0.717, 1.165) is 5.56 Å². The number of amides is 1. The summed E-state index contributed by atoms with van der Waals surface area (Å²) in [6.07, 6.45) is 3.02. The average molecular weight is 264 g/mol. The standard InChI is InChI=1S/C13H14ClN3O/c1-17-12(15)10(13(16)18)7-8-11(14)9-5-3-2-4-6-9/h2-8H,1H3,(H2,15,17)(H2,16,18). The third-order valence-corrected chi connectivity index (χ3v) is 2.57. The van der Waals surface area contributed by atoms with Crippen LogP contribution in [0.2, 0.25) is 0 Å². The van der Waals surface area contributed by atoms with Crippen molar-refractivity contribution >= 4 is 28.4 Å². The summed E-state index contributed by atoms with van der Waals surface area (Å²) in [7, 11) is 1.48. The fourth-order valence-corrected chi connectivity index (χ4v) is 1.45. The predicted octanol–water partition coefficient (Wildman–Crippen LogP) is 1.67. The molecule has 5 heteroatoms. The highest BCUT2D eigenvalue weighted by atomic mass is 35.5. The molecule has 0 atom stereocenters. The number of hydrogen-bond acceptors (Lipinski definition) is 2. The number of carbonyl (C=O) groups excluding carboxylic acids is 1. The van der Waals surface area contributed by atoms with Gasteiger partial charge in [0.2, 0.25) is 0 Å². The Labute approximate surface area is 111 Å². The third kappa shape index (κ3) is 3.75. The van der Waals surface area contributed by atoms with Crippen molar-refractivity contribution in [3.05, 3.63) is 53.6 Å². The number of nitrogens with zero attached hydrogens (tertiary/aromatic N) is 1. The first kappa shape index (κ1) is 14.0. The Morgan fingerprint density at radius 1 is 1.22 bits per heavy atom. The van der Waals surface area contributed by atoms with Crippen molar-refractivity contribution in [2.45, 2.75) is 0 Å². The minimum Gasteiger partial charge on any atom is -0.383 e. The summed E-state index contributed by atoms with van der Waals surface area (Å²) in [5.41, 5.74) is 11.7. The van der Waals surface area contributed by atoms with E-state index in [1.807, 2.05) is 30.3 Å². The number of halogens is 1. The van der Waals surface area contributed by atoms with Crippen molar-refractivity contribution < 1.29 is 4.79 Å². The van der Waals surface area contributed by atoms with Crippen LogP contribution in [0.1, 0.15) is 5.56 Å². The molecule has 1 aromatic carbocycles. The Kier molecular flexibility index (Phi) is 5.14. The lowest BCUT2D eigenvalue weighted by molar-refractivity contribution is -0.114. The summed E-state index contributed by atoms with van der Waals surface area (Å²) in [6, 6.07) is 9.33. The molecule has 0 aliphatic rings. The van der Waals surface area contributed by atoms with E-state index in [2.05, 4.69) is 4.99 Å². The van der Waals surface area contributed by atoms with E-state index in [0.29, 0.717) is 5.03 Å². The number of nitrogens with two attached hydrogens (primary N) is 2. The molecule has 0 unspecified atom stereocenters. The molecule has 0 fully saturated rings. The van der Waals surface area contributed by atoms with E-state index in [4.69, 9.17) is 23.1 Å². The van der Waals surface area contributed by atoms with Crippen molar-refractivity contribution in [2.75, 3.05) is 7.05 Å². The van der Waals surface area contributed by atoms with E-state index in [9.17, 15) is 4.79 Å². The molecule has 94 valence electrons. The number of hydrogen-bond donors (Lipinski definition) is 2. The lowest BCUT2D eigenvalue weighted by atomic mass is 10.1. The molecule has 0 heterocycles. The maximum Gasteiger partial charge on any atom is 0.252 e. The molecule has 1 amide bonds. The van der Waals surface area contributed by atoms with Gasteiger partial charge in [-0.25, -0.2) is 0 Å². The lowest BCUT2D eigenvalue weighted by Crippen LogP contribution is -2.26. The number of carbonyl (C=O) groups is 1. The molecule has 0 saturated heterocycles. The molecule has 0 aliphatic carbocycles. The average Bonchev–Trinajstić information content (AvgIpc) is 2.39. The second-order valence-corrected chi connectivity index (χ2v) is 3.84. The van der Waals surface area contributed by atoms with Gasteiger partial charge in [-0.05, 0) is 17.7 Å². The largest absolute Gasteiger partial charge is 0.383 e. The first-order valence-electron chi connectivity index (χ1n) is 5.21. The molecular formula is C13H14ClN3O. The Balaban J connectivity index is 3.05. The fourth-order valence-electron chi connectivity index (χ4n) is 1.26. The molecule has 0 bridgehead atoms. The van der Waals surface area contributed by atoms with Crippen molar-refractivity contribution in [1.82, 2.24) is 0 Å². The highest BCUT2D eigenvalue weighted by molar-refractivity contribution is 6.49. The zero-order valence-electron chi connectivity index (χ0n) is 9.93. The SMILES string of the molecule is CN=C(N)C(=CC=C(Cl)c1ccccc1)C(N)=O. The zero-order valence-corrected chi connectivity index (χ0v) is 10.7. The molecule has 4 N–H and O–H groups in total. The second kappa shape index (κ2) is 6.61. The van der Waals surface area contributed by atoms with Gasteiger partial charge in [-0.2, -0.15) is 0 Å². The van der Waals surface area contributed by atoms with Crippen molar-refractivity contribution in [3.8, 4) is 0 Å². The number of aliphatic imine (C=N–C) groups is 1. The molecule has 1 aromatic rings. The van der Waals surface area contributed by atoms with Crippen LogP contribution in [-0.4, -0.2) is 18.8 Å². The Morgan fingerprint density at radius 3 is 2.33 bits per heavy atom. The van der Waals surface area contributed by atoms with Crippen LogP contribution in [-0.2, 0) is 4.79 Å². The molecule has 4 nitrogen and oxygen atoms in total. The van der Waals surface area contributed by atoms with Crippen molar-refractivity contribution in [1.29, 1.82) is 0 Å². The summed E-state index contributed by atoms with van der Waals surface area (Å²) < 4.78 is 0. The second-order valence-electron chi connectivity index (χ2n) is 3.43. The molecule has 18 heavy (non-hydrogen) atoms. The first-order valence-corrected chi connectivity index (χ1v) is 5.59. The van der Waals surface area contributed by atoms with Gasteiger partial charge in [-0.3, -0.25) is 9.79 Å². The van der Waals surface area contributed by atoms with Crippen molar-refractivity contribution in [3.63, 3.8) is 0 Å². The van der Waals surface area contributed by atoms with Gasteiger partial charge in [0.15, 0.2) is 0 Å². The smallest absolute Gasteiger partial charge is 0.252 e. The predicted molar refractivity (Wildman–Crippen MR) is 75.1 cm³/mol. The van der Waals surface area contributed by atoms with Crippen LogP contribution in [0.3, 0.4) is 0 Å². The summed E-state index contributed by atoms with van der Waals surface area (Å²) in [4.78, 5) is 14.9. The fraction of sp³-hybridized carbons (Fsp3) is 0.0769. The van der Waals surface area contributed by atoms with Gasteiger partial charge in [0.05, 0.1) is 5.57 Å². The maximum absolute atomic E-state index is 11.2. The zero-order chi connectivity index (χ0) is 13.5. The first-order chi connectivity index (χ1) is 8.56. The normalized spacial score (nSPS) is 13.6.